The topological polar surface area (TPSA) is 0 Å². The van der Waals surface area contributed by atoms with Crippen LogP contribution < -0.4 is 0 Å². The molecular weight excluding hydrogens is 360 g/mol. The van der Waals surface area contributed by atoms with Gasteiger partial charge < -0.3 is 0 Å². The predicted molar refractivity (Wildman–Crippen MR) is 73.1 cm³/mol. The van der Waals surface area contributed by atoms with Crippen LogP contribution in [0.15, 0.2) is 30.3 Å². The molecule has 0 aliphatic rings. The van der Waals surface area contributed by atoms with Crippen LogP contribution in [0.25, 0.3) is 0 Å². The van der Waals surface area contributed by atoms with E-state index in [-0.39, 0.29) is 22.6 Å². The normalized spacial score (nSPS) is 12.5. The fourth-order valence-corrected chi connectivity index (χ4v) is 2.72. The summed E-state index contributed by atoms with van der Waals surface area (Å²) in [5, 5.41) is 0.192. The third kappa shape index (κ3) is 2.99. The van der Waals surface area contributed by atoms with Gasteiger partial charge in [0.25, 0.3) is 0 Å². The fourth-order valence-electron chi connectivity index (χ4n) is 1.80. The zero-order chi connectivity index (χ0) is 14.9. The zero-order valence-electron chi connectivity index (χ0n) is 9.94. The van der Waals surface area contributed by atoms with E-state index in [1.54, 1.807) is 0 Å². The van der Waals surface area contributed by atoms with Crippen molar-refractivity contribution in [3.8, 4) is 0 Å². The van der Waals surface area contributed by atoms with Crippen molar-refractivity contribution in [1.29, 1.82) is 0 Å². The second-order valence-electron chi connectivity index (χ2n) is 4.14. The minimum Gasteiger partial charge on any atom is -0.207 e. The van der Waals surface area contributed by atoms with E-state index in [4.69, 9.17) is 11.6 Å². The monoisotopic (exact) mass is 366 g/mol. The molecule has 2 rings (SSSR count). The number of hydrogen-bond donors (Lipinski definition) is 0. The molecule has 0 aliphatic carbocycles. The van der Waals surface area contributed by atoms with Crippen molar-refractivity contribution in [3.63, 3.8) is 0 Å². The molecule has 0 bridgehead atoms. The molecule has 0 amide bonds. The standard InChI is InChI=1S/C14H8BrClF4/c15-9(6-8-10(16)2-1-3-11(8)17)7-4-5-12(18)14(20)13(7)19/h1-5,9H,6H2. The van der Waals surface area contributed by atoms with Crippen molar-refractivity contribution in [2.45, 2.75) is 11.2 Å². The van der Waals surface area contributed by atoms with Crippen molar-refractivity contribution < 1.29 is 17.6 Å². The Labute approximate surface area is 126 Å². The quantitative estimate of drug-likeness (QED) is 0.378. The second kappa shape index (κ2) is 6.14. The number of rotatable bonds is 3. The lowest BCUT2D eigenvalue weighted by Crippen LogP contribution is -2.04. The molecule has 1 unspecified atom stereocenters. The lowest BCUT2D eigenvalue weighted by atomic mass is 10.0. The predicted octanol–water partition coefficient (Wildman–Crippen LogP) is 5.58. The smallest absolute Gasteiger partial charge is 0.194 e. The molecule has 0 aliphatic heterocycles. The first-order valence-corrected chi connectivity index (χ1v) is 6.91. The molecule has 2 aromatic rings. The van der Waals surface area contributed by atoms with Crippen LogP contribution in [0.2, 0.25) is 5.02 Å². The molecule has 0 heterocycles. The summed E-state index contributed by atoms with van der Waals surface area (Å²) in [5.74, 6) is -4.65. The fraction of sp³-hybridized carbons (Fsp3) is 0.143. The van der Waals surface area contributed by atoms with Gasteiger partial charge in [-0.25, -0.2) is 17.6 Å². The minimum absolute atomic E-state index is 0.00744. The number of benzene rings is 2. The SMILES string of the molecule is Fc1ccc(C(Br)Cc2c(F)cccc2Cl)c(F)c1F. The Morgan fingerprint density at radius 1 is 0.950 bits per heavy atom. The van der Waals surface area contributed by atoms with E-state index in [1.165, 1.54) is 18.2 Å². The van der Waals surface area contributed by atoms with Gasteiger partial charge in [0.05, 0.1) is 0 Å². The third-order valence-corrected chi connectivity index (χ3v) is 4.02. The van der Waals surface area contributed by atoms with Crippen molar-refractivity contribution in [1.82, 2.24) is 0 Å². The van der Waals surface area contributed by atoms with Crippen molar-refractivity contribution in [2.24, 2.45) is 0 Å². The highest BCUT2D eigenvalue weighted by Crippen LogP contribution is 2.33. The van der Waals surface area contributed by atoms with E-state index >= 15 is 0 Å². The molecule has 0 radical (unpaired) electrons. The third-order valence-electron chi connectivity index (χ3n) is 2.85. The average Bonchev–Trinajstić information content (AvgIpc) is 2.40. The van der Waals surface area contributed by atoms with Gasteiger partial charge in [0.2, 0.25) is 0 Å². The van der Waals surface area contributed by atoms with Gasteiger partial charge in [0.15, 0.2) is 17.5 Å². The molecule has 106 valence electrons. The van der Waals surface area contributed by atoms with Crippen LogP contribution in [-0.4, -0.2) is 0 Å². The maximum atomic E-state index is 13.6. The first-order valence-electron chi connectivity index (χ1n) is 5.62. The van der Waals surface area contributed by atoms with Gasteiger partial charge in [-0.1, -0.05) is 39.7 Å². The van der Waals surface area contributed by atoms with Crippen LogP contribution in [0.1, 0.15) is 16.0 Å². The van der Waals surface area contributed by atoms with E-state index in [9.17, 15) is 17.6 Å². The highest BCUT2D eigenvalue weighted by Gasteiger charge is 2.21. The lowest BCUT2D eigenvalue weighted by Gasteiger charge is -2.13. The van der Waals surface area contributed by atoms with E-state index in [1.807, 2.05) is 0 Å². The molecule has 0 spiro atoms. The van der Waals surface area contributed by atoms with Gasteiger partial charge in [0.1, 0.15) is 5.82 Å². The minimum atomic E-state index is -1.55. The van der Waals surface area contributed by atoms with E-state index in [0.29, 0.717) is 0 Å². The molecule has 6 heteroatoms. The van der Waals surface area contributed by atoms with E-state index in [0.717, 1.165) is 12.1 Å². The maximum absolute atomic E-state index is 13.6. The van der Waals surface area contributed by atoms with Gasteiger partial charge >= 0.3 is 0 Å². The largest absolute Gasteiger partial charge is 0.207 e. The Kier molecular flexibility index (Phi) is 4.70. The Morgan fingerprint density at radius 3 is 2.30 bits per heavy atom. The summed E-state index contributed by atoms with van der Waals surface area (Å²) >= 11 is 9.01. The van der Waals surface area contributed by atoms with Gasteiger partial charge in [-0.15, -0.1) is 0 Å². The molecule has 0 saturated carbocycles. The van der Waals surface area contributed by atoms with Gasteiger partial charge in [-0.3, -0.25) is 0 Å². The Morgan fingerprint density at radius 2 is 1.65 bits per heavy atom. The molecule has 1 atom stereocenters. The molecular formula is C14H8BrClF4. The summed E-state index contributed by atoms with van der Waals surface area (Å²) in [6.07, 6.45) is 0.00744. The Hall–Kier alpha value is -1.07. The molecule has 0 nitrogen and oxygen atoms in total. The van der Waals surface area contributed by atoms with Crippen LogP contribution >= 0.6 is 27.5 Å². The summed E-state index contributed by atoms with van der Waals surface area (Å²) < 4.78 is 53.3. The average molecular weight is 368 g/mol. The highest BCUT2D eigenvalue weighted by molar-refractivity contribution is 9.09. The van der Waals surface area contributed by atoms with Crippen LogP contribution in [-0.2, 0) is 6.42 Å². The van der Waals surface area contributed by atoms with E-state index < -0.39 is 28.1 Å². The zero-order valence-corrected chi connectivity index (χ0v) is 12.3. The number of alkyl halides is 1. The molecule has 20 heavy (non-hydrogen) atoms. The van der Waals surface area contributed by atoms with Crippen LogP contribution in [0.3, 0.4) is 0 Å². The van der Waals surface area contributed by atoms with Crippen LogP contribution in [0, 0.1) is 23.3 Å². The first kappa shape index (κ1) is 15.3. The molecule has 2 aromatic carbocycles. The summed E-state index contributed by atoms with van der Waals surface area (Å²) in [4.78, 5) is -0.730. The maximum Gasteiger partial charge on any atom is 0.194 e. The summed E-state index contributed by atoms with van der Waals surface area (Å²) in [7, 11) is 0. The van der Waals surface area contributed by atoms with Gasteiger partial charge in [-0.2, -0.15) is 0 Å². The van der Waals surface area contributed by atoms with Crippen LogP contribution in [0.5, 0.6) is 0 Å². The first-order chi connectivity index (χ1) is 9.41. The van der Waals surface area contributed by atoms with Crippen molar-refractivity contribution in [2.75, 3.05) is 0 Å². The van der Waals surface area contributed by atoms with Crippen molar-refractivity contribution in [3.05, 3.63) is 69.8 Å². The molecule has 0 saturated heterocycles. The number of halogens is 6. The van der Waals surface area contributed by atoms with Crippen LogP contribution in [0.4, 0.5) is 17.6 Å². The summed E-state index contributed by atoms with van der Waals surface area (Å²) in [6.45, 7) is 0. The van der Waals surface area contributed by atoms with Crippen molar-refractivity contribution >= 4 is 27.5 Å². The Balaban J connectivity index is 2.34. The lowest BCUT2D eigenvalue weighted by molar-refractivity contribution is 0.440. The van der Waals surface area contributed by atoms with Gasteiger partial charge in [-0.05, 0) is 24.6 Å². The summed E-state index contributed by atoms with van der Waals surface area (Å²) in [5.41, 5.74) is 0.0865. The Bertz CT molecular complexity index is 625. The molecule has 0 fully saturated rings. The van der Waals surface area contributed by atoms with Gasteiger partial charge in [0, 0.05) is 21.0 Å². The molecule has 0 aromatic heterocycles. The number of hydrogen-bond acceptors (Lipinski definition) is 0. The summed E-state index contributed by atoms with van der Waals surface area (Å²) in [6, 6.07) is 6.11. The second-order valence-corrected chi connectivity index (χ2v) is 5.65. The molecule has 0 N–H and O–H groups in total. The highest BCUT2D eigenvalue weighted by atomic mass is 79.9. The van der Waals surface area contributed by atoms with E-state index in [2.05, 4.69) is 15.9 Å².